The van der Waals surface area contributed by atoms with E-state index in [0.29, 0.717) is 31.7 Å². The molecule has 5 aliphatic rings. The number of hydrogen-bond donors (Lipinski definition) is 4. The van der Waals surface area contributed by atoms with E-state index in [2.05, 4.69) is 17.6 Å². The molecular weight excluding hydrogens is 524 g/mol. The van der Waals surface area contributed by atoms with Crippen LogP contribution in [0, 0.1) is 53.3 Å². The SMILES string of the molecule is CO[C@@H]1[C@@H](O)[C@@H]2[C@@H](C[C@H]3/C=C\C(O)=C4C(=O)N[C@@H](CCCNC(=O)/C=C/C[C@@H]23)C4=O)[C@H]2C[C@@H](C)[C@@H]([C@H](C)C(C)=O)[C@@H]21. The number of aliphatic hydroxyl groups excluding tert-OH is 2. The average molecular weight is 569 g/mol. The van der Waals surface area contributed by atoms with E-state index >= 15 is 0 Å². The predicted molar refractivity (Wildman–Crippen MR) is 151 cm³/mol. The maximum atomic E-state index is 12.9. The van der Waals surface area contributed by atoms with E-state index in [4.69, 9.17) is 4.74 Å². The number of Topliss-reactive ketones (excluding diaryl/α,β-unsaturated/α-hetero) is 2. The number of carbonyl (C=O) groups is 4. The lowest BCUT2D eigenvalue weighted by molar-refractivity contribution is -0.150. The van der Waals surface area contributed by atoms with Crippen LogP contribution in [0.1, 0.15) is 52.9 Å². The minimum absolute atomic E-state index is 0.0416. The predicted octanol–water partition coefficient (Wildman–Crippen LogP) is 2.65. The van der Waals surface area contributed by atoms with Crippen LogP contribution in [0.3, 0.4) is 0 Å². The van der Waals surface area contributed by atoms with Crippen LogP contribution in [0.15, 0.2) is 35.6 Å². The molecule has 0 aromatic carbocycles. The summed E-state index contributed by atoms with van der Waals surface area (Å²) in [5, 5.41) is 28.2. The molecular formula is C32H44N2O7. The van der Waals surface area contributed by atoms with Crippen LogP contribution in [0.25, 0.3) is 0 Å². The molecule has 2 aliphatic heterocycles. The topological polar surface area (TPSA) is 142 Å². The summed E-state index contributed by atoms with van der Waals surface area (Å²) in [6.45, 7) is 6.20. The van der Waals surface area contributed by atoms with Gasteiger partial charge >= 0.3 is 0 Å². The van der Waals surface area contributed by atoms with Crippen molar-refractivity contribution < 1.29 is 34.1 Å². The highest BCUT2D eigenvalue weighted by Gasteiger charge is 2.62. The molecule has 0 aromatic heterocycles. The highest BCUT2D eigenvalue weighted by molar-refractivity contribution is 6.27. The van der Waals surface area contributed by atoms with Crippen LogP contribution < -0.4 is 10.6 Å². The number of fused-ring (bicyclic) bond motifs is 7. The van der Waals surface area contributed by atoms with Crippen LogP contribution in [0.5, 0.6) is 0 Å². The number of ketones is 2. The molecule has 0 spiro atoms. The number of nitrogens with one attached hydrogen (secondary N) is 2. The normalized spacial score (nSPS) is 43.4. The van der Waals surface area contributed by atoms with E-state index in [0.717, 1.165) is 12.8 Å². The van der Waals surface area contributed by atoms with Gasteiger partial charge in [-0.2, -0.15) is 0 Å². The lowest BCUT2D eigenvalue weighted by Gasteiger charge is -2.48. The van der Waals surface area contributed by atoms with Gasteiger partial charge in [-0.1, -0.05) is 26.0 Å². The summed E-state index contributed by atoms with van der Waals surface area (Å²) < 4.78 is 6.01. The zero-order valence-corrected chi connectivity index (χ0v) is 24.4. The summed E-state index contributed by atoms with van der Waals surface area (Å²) in [7, 11) is 1.64. The van der Waals surface area contributed by atoms with Crippen molar-refractivity contribution in [3.05, 3.63) is 35.6 Å². The van der Waals surface area contributed by atoms with Crippen LogP contribution in [-0.2, 0) is 23.9 Å². The lowest BCUT2D eigenvalue weighted by atomic mass is 9.61. The fraction of sp³-hybridized carbons (Fsp3) is 0.688. The van der Waals surface area contributed by atoms with Gasteiger partial charge in [-0.05, 0) is 98.5 Å². The summed E-state index contributed by atoms with van der Waals surface area (Å²) in [6, 6.07) is -0.719. The molecule has 2 bridgehead atoms. The van der Waals surface area contributed by atoms with E-state index in [1.54, 1.807) is 14.0 Å². The molecule has 5 rings (SSSR count). The average Bonchev–Trinajstić information content (AvgIpc) is 3.55. The van der Waals surface area contributed by atoms with Crippen molar-refractivity contribution in [3.8, 4) is 0 Å². The van der Waals surface area contributed by atoms with Gasteiger partial charge in [0.05, 0.1) is 18.2 Å². The minimum atomic E-state index is -0.746. The first-order valence-electron chi connectivity index (χ1n) is 15.2. The quantitative estimate of drug-likeness (QED) is 0.384. The molecule has 9 nitrogen and oxygen atoms in total. The summed E-state index contributed by atoms with van der Waals surface area (Å²) in [5.41, 5.74) is -0.223. The van der Waals surface area contributed by atoms with Gasteiger partial charge in [0.15, 0.2) is 5.78 Å². The van der Waals surface area contributed by atoms with Crippen LogP contribution >= 0.6 is 0 Å². The van der Waals surface area contributed by atoms with Gasteiger partial charge in [-0.25, -0.2) is 0 Å². The second-order valence-electron chi connectivity index (χ2n) is 13.0. The molecule has 0 radical (unpaired) electrons. The fourth-order valence-electron chi connectivity index (χ4n) is 9.18. The Morgan fingerprint density at radius 1 is 1.10 bits per heavy atom. The molecule has 2 heterocycles. The molecule has 41 heavy (non-hydrogen) atoms. The molecule has 3 aliphatic carbocycles. The number of rotatable bonds is 3. The number of hydrogen-bond acceptors (Lipinski definition) is 7. The molecule has 9 heteroatoms. The van der Waals surface area contributed by atoms with Crippen molar-refractivity contribution in [1.29, 1.82) is 0 Å². The Kier molecular flexibility index (Phi) is 8.58. The minimum Gasteiger partial charge on any atom is -0.507 e. The highest BCUT2D eigenvalue weighted by atomic mass is 16.5. The zero-order chi connectivity index (χ0) is 29.6. The third-order valence-electron chi connectivity index (χ3n) is 11.0. The number of methoxy groups -OCH3 is 1. The van der Waals surface area contributed by atoms with Gasteiger partial charge in [-0.15, -0.1) is 0 Å². The number of amides is 2. The van der Waals surface area contributed by atoms with Crippen LogP contribution in [-0.4, -0.2) is 65.5 Å². The second kappa shape index (κ2) is 11.8. The van der Waals surface area contributed by atoms with Crippen LogP contribution in [0.2, 0.25) is 0 Å². The van der Waals surface area contributed by atoms with Crippen molar-refractivity contribution >= 4 is 23.4 Å². The maximum Gasteiger partial charge on any atom is 0.259 e. The third-order valence-corrected chi connectivity index (χ3v) is 11.0. The first-order valence-corrected chi connectivity index (χ1v) is 15.2. The monoisotopic (exact) mass is 568 g/mol. The Morgan fingerprint density at radius 3 is 2.54 bits per heavy atom. The van der Waals surface area contributed by atoms with E-state index in [1.807, 2.05) is 19.1 Å². The van der Waals surface area contributed by atoms with Gasteiger partial charge in [0.25, 0.3) is 5.91 Å². The lowest BCUT2D eigenvalue weighted by Crippen LogP contribution is -2.54. The molecule has 224 valence electrons. The van der Waals surface area contributed by atoms with E-state index < -0.39 is 29.9 Å². The van der Waals surface area contributed by atoms with Gasteiger partial charge < -0.3 is 25.6 Å². The Balaban J connectivity index is 1.51. The molecule has 4 N–H and O–H groups in total. The van der Waals surface area contributed by atoms with Crippen LogP contribution in [0.4, 0.5) is 0 Å². The second-order valence-corrected chi connectivity index (χ2v) is 13.0. The highest BCUT2D eigenvalue weighted by Crippen LogP contribution is 2.62. The van der Waals surface area contributed by atoms with E-state index in [1.165, 1.54) is 12.2 Å². The van der Waals surface area contributed by atoms with Gasteiger partial charge in [0.1, 0.15) is 17.1 Å². The zero-order valence-electron chi connectivity index (χ0n) is 24.4. The summed E-state index contributed by atoms with van der Waals surface area (Å²) in [4.78, 5) is 50.5. The standard InChI is InChI=1S/C32H44N2O7/c1-15-13-20-21-14-18-10-11-23(36)28-29(38)22(34-32(28)40)8-6-12-33-24(37)9-5-7-19(18)26(21)30(39)31(41-4)27(20)25(15)16(2)17(3)35/h5,9-11,15-16,18-22,25-27,30-31,36,39H,6-8,12-14H2,1-4H3,(H,33,37)(H,34,40)/b9-5+,11-10-,28-23?/t15-,16-,18-,19-,20-,21+,22+,25+,26+,27-,30+,31+/m1/s1. The Morgan fingerprint density at radius 2 is 1.83 bits per heavy atom. The van der Waals surface area contributed by atoms with Crippen molar-refractivity contribution in [2.75, 3.05) is 13.7 Å². The van der Waals surface area contributed by atoms with Crippen molar-refractivity contribution in [1.82, 2.24) is 10.6 Å². The van der Waals surface area contributed by atoms with E-state index in [-0.39, 0.29) is 70.4 Å². The molecule has 1 saturated heterocycles. The Bertz CT molecular complexity index is 1170. The van der Waals surface area contributed by atoms with Crippen molar-refractivity contribution in [2.45, 2.75) is 71.1 Å². The summed E-state index contributed by atoms with van der Waals surface area (Å²) in [5.74, 6) is -0.802. The molecule has 3 saturated carbocycles. The third kappa shape index (κ3) is 5.31. The molecule has 0 aromatic rings. The summed E-state index contributed by atoms with van der Waals surface area (Å²) in [6.07, 6.45) is 8.73. The number of allylic oxidation sites excluding steroid dienone is 3. The summed E-state index contributed by atoms with van der Waals surface area (Å²) >= 11 is 0. The molecule has 2 amide bonds. The van der Waals surface area contributed by atoms with Gasteiger partial charge in [0.2, 0.25) is 5.91 Å². The van der Waals surface area contributed by atoms with Gasteiger partial charge in [-0.3, -0.25) is 19.2 Å². The first kappa shape index (κ1) is 29.7. The maximum absolute atomic E-state index is 12.9. The molecule has 0 unspecified atom stereocenters. The van der Waals surface area contributed by atoms with Gasteiger partial charge in [0, 0.05) is 19.6 Å². The molecule has 12 atom stereocenters. The molecule has 4 fully saturated rings. The Labute approximate surface area is 241 Å². The van der Waals surface area contributed by atoms with Crippen molar-refractivity contribution in [2.24, 2.45) is 53.3 Å². The largest absolute Gasteiger partial charge is 0.507 e. The number of ether oxygens (including phenoxy) is 1. The van der Waals surface area contributed by atoms with E-state index in [9.17, 15) is 29.4 Å². The number of aliphatic hydroxyl groups is 2. The number of carbonyl (C=O) groups excluding carboxylic acids is 4. The smallest absolute Gasteiger partial charge is 0.259 e. The first-order chi connectivity index (χ1) is 19.5. The van der Waals surface area contributed by atoms with Crippen molar-refractivity contribution in [3.63, 3.8) is 0 Å². The Hall–Kier alpha value is -2.78. The fourth-order valence-corrected chi connectivity index (χ4v) is 9.18.